The van der Waals surface area contributed by atoms with Crippen molar-refractivity contribution in [2.45, 2.75) is 38.5 Å². The summed E-state index contributed by atoms with van der Waals surface area (Å²) in [6.07, 6.45) is 4.21. The van der Waals surface area contributed by atoms with E-state index in [-0.39, 0.29) is 23.4 Å². The zero-order chi connectivity index (χ0) is 23.8. The number of aryl methyl sites for hydroxylation is 1. The van der Waals surface area contributed by atoms with Crippen LogP contribution in [0.3, 0.4) is 0 Å². The Hall–Kier alpha value is -4.13. The Bertz CT molecular complexity index is 1300. The Morgan fingerprint density at radius 1 is 1.12 bits per heavy atom. The fourth-order valence-electron chi connectivity index (χ4n) is 4.79. The number of hydrogen-bond donors (Lipinski definition) is 3. The van der Waals surface area contributed by atoms with Crippen LogP contribution in [0.25, 0.3) is 0 Å². The van der Waals surface area contributed by atoms with Crippen molar-refractivity contribution in [3.8, 4) is 5.75 Å². The highest BCUT2D eigenvalue weighted by Gasteiger charge is 2.41. The number of nitrogens with zero attached hydrogens (tertiary/aromatic N) is 1. The molecule has 2 aromatic heterocycles. The smallest absolute Gasteiger partial charge is 0.255 e. The Morgan fingerprint density at radius 3 is 2.59 bits per heavy atom. The molecule has 1 aromatic carbocycles. The second kappa shape index (κ2) is 8.67. The van der Waals surface area contributed by atoms with Gasteiger partial charge < -0.3 is 20.2 Å². The van der Waals surface area contributed by atoms with Gasteiger partial charge in [-0.15, -0.1) is 0 Å². The molecule has 0 radical (unpaired) electrons. The molecule has 1 aliphatic heterocycles. The van der Waals surface area contributed by atoms with Crippen LogP contribution in [0.2, 0.25) is 0 Å². The second-order valence-electron chi connectivity index (χ2n) is 8.80. The molecule has 0 fully saturated rings. The molecule has 0 spiro atoms. The number of hydrogen-bond acceptors (Lipinski definition) is 6. The van der Waals surface area contributed by atoms with Gasteiger partial charge in [0, 0.05) is 47.0 Å². The van der Waals surface area contributed by atoms with Gasteiger partial charge in [0.05, 0.1) is 6.26 Å². The zero-order valence-electron chi connectivity index (χ0n) is 19.0. The number of phenolic OH excluding ortho intramolecular Hbond substituents is 1. The molecule has 172 valence electrons. The molecule has 3 aromatic rings. The number of benzene rings is 1. The number of nitrogens with one attached hydrogen (secondary N) is 2. The van der Waals surface area contributed by atoms with E-state index in [1.165, 1.54) is 0 Å². The summed E-state index contributed by atoms with van der Waals surface area (Å²) in [5.74, 6) is 0.356. The number of rotatable bonds is 4. The number of Topliss-reactive ketones (excluding diaryl/α,β-unsaturated/α-hetero) is 1. The molecule has 0 saturated carbocycles. The lowest BCUT2D eigenvalue weighted by Crippen LogP contribution is -2.37. The molecule has 2 aliphatic rings. The van der Waals surface area contributed by atoms with Crippen LogP contribution >= 0.6 is 0 Å². The summed E-state index contributed by atoms with van der Waals surface area (Å²) in [5, 5.41) is 16.0. The molecule has 34 heavy (non-hydrogen) atoms. The number of allylic oxidation sites excluding steroid dienone is 3. The molecule has 1 aliphatic carbocycles. The van der Waals surface area contributed by atoms with Crippen molar-refractivity contribution in [2.24, 2.45) is 0 Å². The number of carbonyl (C=O) groups is 2. The van der Waals surface area contributed by atoms with Crippen LogP contribution in [0.1, 0.15) is 48.5 Å². The van der Waals surface area contributed by atoms with E-state index in [2.05, 4.69) is 15.6 Å². The Labute approximate surface area is 197 Å². The topological polar surface area (TPSA) is 104 Å². The van der Waals surface area contributed by atoms with Crippen LogP contribution in [0.15, 0.2) is 87.9 Å². The monoisotopic (exact) mass is 455 g/mol. The number of dihydropyridines is 1. The van der Waals surface area contributed by atoms with Crippen LogP contribution in [-0.4, -0.2) is 21.8 Å². The minimum atomic E-state index is -0.563. The third kappa shape index (κ3) is 4.01. The number of phenols is 1. The predicted molar refractivity (Wildman–Crippen MR) is 127 cm³/mol. The van der Waals surface area contributed by atoms with Crippen LogP contribution in [0.4, 0.5) is 5.82 Å². The molecule has 0 saturated heterocycles. The first kappa shape index (κ1) is 21.7. The quantitative estimate of drug-likeness (QED) is 0.527. The van der Waals surface area contributed by atoms with E-state index in [0.29, 0.717) is 35.5 Å². The normalized spacial score (nSPS) is 20.1. The molecule has 3 heterocycles. The van der Waals surface area contributed by atoms with Crippen molar-refractivity contribution in [3.63, 3.8) is 0 Å². The van der Waals surface area contributed by atoms with E-state index in [1.54, 1.807) is 42.8 Å². The van der Waals surface area contributed by atoms with Gasteiger partial charge in [0.15, 0.2) is 5.78 Å². The summed E-state index contributed by atoms with van der Waals surface area (Å²) < 4.78 is 5.57. The van der Waals surface area contributed by atoms with Gasteiger partial charge in [-0.05, 0) is 61.7 Å². The average molecular weight is 456 g/mol. The summed E-state index contributed by atoms with van der Waals surface area (Å²) in [4.78, 5) is 31.3. The first-order valence-corrected chi connectivity index (χ1v) is 11.2. The molecule has 7 nitrogen and oxygen atoms in total. The third-order valence-electron chi connectivity index (χ3n) is 6.40. The Morgan fingerprint density at radius 2 is 1.91 bits per heavy atom. The minimum Gasteiger partial charge on any atom is -0.508 e. The first-order valence-electron chi connectivity index (χ1n) is 11.2. The van der Waals surface area contributed by atoms with Gasteiger partial charge in [0.2, 0.25) is 0 Å². The number of aromatic nitrogens is 1. The number of carbonyl (C=O) groups excluding carboxylic acids is 2. The van der Waals surface area contributed by atoms with Crippen molar-refractivity contribution in [2.75, 3.05) is 5.32 Å². The van der Waals surface area contributed by atoms with Crippen LogP contribution in [0.5, 0.6) is 5.75 Å². The maximum Gasteiger partial charge on any atom is 0.255 e. The molecule has 7 heteroatoms. The molecule has 0 unspecified atom stereocenters. The third-order valence-corrected chi connectivity index (χ3v) is 6.40. The van der Waals surface area contributed by atoms with Crippen molar-refractivity contribution in [1.29, 1.82) is 0 Å². The van der Waals surface area contributed by atoms with Crippen molar-refractivity contribution < 1.29 is 19.1 Å². The largest absolute Gasteiger partial charge is 0.508 e. The average Bonchev–Trinajstić information content (AvgIpc) is 3.35. The number of ketones is 1. The number of amides is 1. The van der Waals surface area contributed by atoms with E-state index in [4.69, 9.17) is 4.42 Å². The number of furan rings is 1. The lowest BCUT2D eigenvalue weighted by molar-refractivity contribution is -0.116. The van der Waals surface area contributed by atoms with Gasteiger partial charge >= 0.3 is 0 Å². The molecular formula is C27H25N3O4. The number of aromatic hydroxyl groups is 1. The van der Waals surface area contributed by atoms with Gasteiger partial charge in [-0.25, -0.2) is 4.98 Å². The SMILES string of the molecule is CC1=C(C(=O)Nc2ccc(C)cn2)[C@@H](c2ccc(O)cc2)C2=C(C[C@@H](c3ccco3)CC2=O)N1. The highest BCUT2D eigenvalue weighted by atomic mass is 16.3. The molecule has 3 N–H and O–H groups in total. The van der Waals surface area contributed by atoms with Crippen LogP contribution in [-0.2, 0) is 9.59 Å². The summed E-state index contributed by atoms with van der Waals surface area (Å²) in [6.45, 7) is 3.77. The highest BCUT2D eigenvalue weighted by Crippen LogP contribution is 2.45. The standard InChI is InChI=1S/C27H25N3O4/c1-15-5-10-23(28-14-15)30-27(33)24-16(2)29-20-12-18(22-4-3-11-34-22)13-21(32)26(20)25(24)17-6-8-19(31)9-7-17/h3-11,14,18,25,29,31H,12-13H2,1-2H3,(H,28,30,33)/t18-,25-/m1/s1. The number of anilines is 1. The second-order valence-corrected chi connectivity index (χ2v) is 8.80. The Balaban J connectivity index is 1.55. The zero-order valence-corrected chi connectivity index (χ0v) is 19.0. The predicted octanol–water partition coefficient (Wildman–Crippen LogP) is 4.69. The molecule has 2 atom stereocenters. The van der Waals surface area contributed by atoms with Gasteiger partial charge in [-0.3, -0.25) is 9.59 Å². The minimum absolute atomic E-state index is 0.0283. The molecule has 0 bridgehead atoms. The molecular weight excluding hydrogens is 430 g/mol. The van der Waals surface area contributed by atoms with Crippen LogP contribution < -0.4 is 10.6 Å². The van der Waals surface area contributed by atoms with Gasteiger partial charge in [-0.1, -0.05) is 18.2 Å². The molecule has 5 rings (SSSR count). The van der Waals surface area contributed by atoms with E-state index in [1.807, 2.05) is 32.0 Å². The van der Waals surface area contributed by atoms with E-state index < -0.39 is 5.92 Å². The number of pyridine rings is 1. The highest BCUT2D eigenvalue weighted by molar-refractivity contribution is 6.09. The lowest BCUT2D eigenvalue weighted by Gasteiger charge is -2.36. The summed E-state index contributed by atoms with van der Waals surface area (Å²) in [6, 6.07) is 14.0. The summed E-state index contributed by atoms with van der Waals surface area (Å²) in [7, 11) is 0. The van der Waals surface area contributed by atoms with Gasteiger partial charge in [0.25, 0.3) is 5.91 Å². The fourth-order valence-corrected chi connectivity index (χ4v) is 4.79. The summed E-state index contributed by atoms with van der Waals surface area (Å²) >= 11 is 0. The van der Waals surface area contributed by atoms with E-state index >= 15 is 0 Å². The van der Waals surface area contributed by atoms with Crippen molar-refractivity contribution in [3.05, 3.63) is 100 Å². The summed E-state index contributed by atoms with van der Waals surface area (Å²) in [5.41, 5.74) is 4.27. The first-order chi connectivity index (χ1) is 16.4. The maximum absolute atomic E-state index is 13.5. The van der Waals surface area contributed by atoms with Crippen molar-refractivity contribution in [1.82, 2.24) is 10.3 Å². The van der Waals surface area contributed by atoms with Crippen molar-refractivity contribution >= 4 is 17.5 Å². The van der Waals surface area contributed by atoms with Crippen LogP contribution in [0, 0.1) is 6.92 Å². The Kier molecular flexibility index (Phi) is 5.53. The van der Waals surface area contributed by atoms with Gasteiger partial charge in [0.1, 0.15) is 17.3 Å². The van der Waals surface area contributed by atoms with E-state index in [9.17, 15) is 14.7 Å². The molecule has 1 amide bonds. The maximum atomic E-state index is 13.5. The van der Waals surface area contributed by atoms with E-state index in [0.717, 1.165) is 22.6 Å². The van der Waals surface area contributed by atoms with Gasteiger partial charge in [-0.2, -0.15) is 0 Å². The fraction of sp³-hybridized carbons (Fsp3) is 0.222. The lowest BCUT2D eigenvalue weighted by atomic mass is 9.72.